The second-order valence-electron chi connectivity index (χ2n) is 22.9. The van der Waals surface area contributed by atoms with Crippen LogP contribution in [-0.4, -0.2) is 9.97 Å². The van der Waals surface area contributed by atoms with Crippen LogP contribution in [0.15, 0.2) is 175 Å². The van der Waals surface area contributed by atoms with Crippen LogP contribution in [-0.2, 0) is 16.2 Å². The molecule has 0 N–H and O–H groups in total. The van der Waals surface area contributed by atoms with Crippen molar-refractivity contribution < 1.29 is 4.42 Å². The molecule has 370 valence electrons. The highest BCUT2D eigenvalue weighted by Crippen LogP contribution is 2.60. The van der Waals surface area contributed by atoms with E-state index in [-0.39, 0.29) is 16.2 Å². The second kappa shape index (κ2) is 18.3. The summed E-state index contributed by atoms with van der Waals surface area (Å²) in [6, 6.07) is 58.7. The van der Waals surface area contributed by atoms with Gasteiger partial charge in [0, 0.05) is 56.9 Å². The first-order chi connectivity index (χ1) is 35.5. The van der Waals surface area contributed by atoms with Gasteiger partial charge in [0.15, 0.2) is 0 Å². The number of hydrogen-bond acceptors (Lipinski definition) is 5. The van der Waals surface area contributed by atoms with Gasteiger partial charge in [-0.15, -0.1) is 0 Å². The van der Waals surface area contributed by atoms with Crippen LogP contribution in [0.2, 0.25) is 0 Å². The molecule has 0 saturated heterocycles. The zero-order valence-corrected chi connectivity index (χ0v) is 45.3. The second-order valence-corrected chi connectivity index (χ2v) is 22.9. The maximum absolute atomic E-state index is 7.28. The number of anilines is 6. The van der Waals surface area contributed by atoms with Crippen LogP contribution >= 0.6 is 0 Å². The van der Waals surface area contributed by atoms with Crippen molar-refractivity contribution in [2.24, 2.45) is 0 Å². The molecule has 11 rings (SSSR count). The number of rotatable bonds is 10. The van der Waals surface area contributed by atoms with E-state index in [2.05, 4.69) is 251 Å². The van der Waals surface area contributed by atoms with E-state index in [1.807, 2.05) is 12.4 Å². The molecule has 1 aliphatic rings. The number of pyridine rings is 2. The summed E-state index contributed by atoms with van der Waals surface area (Å²) in [5.74, 6) is 1.76. The number of furan rings is 1. The quantitative estimate of drug-likeness (QED) is 0.137. The van der Waals surface area contributed by atoms with Gasteiger partial charge in [-0.1, -0.05) is 164 Å². The lowest BCUT2D eigenvalue weighted by Crippen LogP contribution is -2.24. The highest BCUT2D eigenvalue weighted by atomic mass is 16.3. The molecular formula is C69H68N4O. The van der Waals surface area contributed by atoms with Gasteiger partial charge >= 0.3 is 0 Å². The van der Waals surface area contributed by atoms with Gasteiger partial charge in [0.05, 0.1) is 11.1 Å². The number of fused-ring (bicyclic) bond motifs is 7. The van der Waals surface area contributed by atoms with Crippen molar-refractivity contribution in [3.05, 3.63) is 215 Å². The smallest absolute Gasteiger partial charge is 0.145 e. The van der Waals surface area contributed by atoms with Gasteiger partial charge in [-0.25, -0.2) is 9.97 Å². The number of para-hydroxylation sites is 1. The molecule has 0 fully saturated rings. The first-order valence-electron chi connectivity index (χ1n) is 26.5. The van der Waals surface area contributed by atoms with E-state index in [1.165, 1.54) is 44.5 Å². The van der Waals surface area contributed by atoms with Crippen molar-refractivity contribution in [3.8, 4) is 33.4 Å². The average molecular weight is 969 g/mol. The third-order valence-corrected chi connectivity index (χ3v) is 15.8. The summed E-state index contributed by atoms with van der Waals surface area (Å²) in [4.78, 5) is 15.5. The van der Waals surface area contributed by atoms with E-state index in [1.54, 1.807) is 0 Å². The highest BCUT2D eigenvalue weighted by Gasteiger charge is 2.44. The molecule has 5 nitrogen and oxygen atoms in total. The fourth-order valence-corrected chi connectivity index (χ4v) is 11.5. The van der Waals surface area contributed by atoms with Gasteiger partial charge in [0.1, 0.15) is 22.8 Å². The lowest BCUT2D eigenvalue weighted by Gasteiger charge is -2.33. The molecule has 10 aromatic rings. The Hall–Kier alpha value is -7.76. The normalized spacial score (nSPS) is 13.1. The summed E-state index contributed by atoms with van der Waals surface area (Å²) in [6.07, 6.45) is 5.78. The predicted octanol–water partition coefficient (Wildman–Crippen LogP) is 19.6. The minimum absolute atomic E-state index is 0.00376. The Kier molecular flexibility index (Phi) is 12.0. The van der Waals surface area contributed by atoms with Crippen molar-refractivity contribution in [2.45, 2.75) is 112 Å². The van der Waals surface area contributed by atoms with E-state index in [0.29, 0.717) is 0 Å². The molecule has 3 heterocycles. The molecule has 7 aromatic carbocycles. The maximum Gasteiger partial charge on any atom is 0.145 e. The van der Waals surface area contributed by atoms with Crippen LogP contribution in [0.4, 0.5) is 34.4 Å². The Balaban J connectivity index is 1.19. The van der Waals surface area contributed by atoms with E-state index in [0.717, 1.165) is 103 Å². The van der Waals surface area contributed by atoms with Gasteiger partial charge in [-0.3, -0.25) is 9.80 Å². The zero-order chi connectivity index (χ0) is 51.8. The summed E-state index contributed by atoms with van der Waals surface area (Å²) < 4.78 is 7.28. The maximum atomic E-state index is 7.28. The molecule has 0 radical (unpaired) electrons. The van der Waals surface area contributed by atoms with Gasteiger partial charge < -0.3 is 4.42 Å². The first kappa shape index (κ1) is 48.5. The van der Waals surface area contributed by atoms with Crippen molar-refractivity contribution in [1.82, 2.24) is 9.97 Å². The molecule has 0 unspecified atom stereocenters. The van der Waals surface area contributed by atoms with Crippen LogP contribution in [0.25, 0.3) is 55.3 Å². The zero-order valence-electron chi connectivity index (χ0n) is 45.3. The number of nitrogens with zero attached hydrogens (tertiary/aromatic N) is 4. The van der Waals surface area contributed by atoms with Crippen molar-refractivity contribution in [3.63, 3.8) is 0 Å². The Morgan fingerprint density at radius 1 is 0.473 bits per heavy atom. The van der Waals surface area contributed by atoms with Crippen LogP contribution < -0.4 is 9.80 Å². The van der Waals surface area contributed by atoms with Crippen molar-refractivity contribution >= 4 is 56.3 Å². The molecule has 3 aromatic heterocycles. The molecule has 0 spiro atoms. The fraction of sp³-hybridized carbons (Fsp3) is 0.246. The van der Waals surface area contributed by atoms with Gasteiger partial charge in [0.25, 0.3) is 0 Å². The van der Waals surface area contributed by atoms with E-state index >= 15 is 0 Å². The molecule has 0 bridgehead atoms. The molecule has 5 heteroatoms. The van der Waals surface area contributed by atoms with E-state index in [9.17, 15) is 0 Å². The van der Waals surface area contributed by atoms with Crippen LogP contribution in [0.1, 0.15) is 113 Å². The Bertz CT molecular complexity index is 3730. The number of benzene rings is 7. The lowest BCUT2D eigenvalue weighted by atomic mass is 9.73. The van der Waals surface area contributed by atoms with Gasteiger partial charge in [-0.2, -0.15) is 0 Å². The molecule has 0 atom stereocenters. The summed E-state index contributed by atoms with van der Waals surface area (Å²) in [5.41, 5.74) is 22.1. The molecule has 0 aliphatic heterocycles. The monoisotopic (exact) mass is 969 g/mol. The third-order valence-electron chi connectivity index (χ3n) is 15.8. The number of hydrogen-bond donors (Lipinski definition) is 0. The van der Waals surface area contributed by atoms with E-state index in [4.69, 9.17) is 14.4 Å². The average Bonchev–Trinajstić information content (AvgIpc) is 3.91. The van der Waals surface area contributed by atoms with Gasteiger partial charge in [-0.05, 0) is 162 Å². The molecular weight excluding hydrogens is 901 g/mol. The molecule has 1 aliphatic carbocycles. The predicted molar refractivity (Wildman–Crippen MR) is 313 cm³/mol. The van der Waals surface area contributed by atoms with Gasteiger partial charge in [0.2, 0.25) is 0 Å². The van der Waals surface area contributed by atoms with Crippen LogP contribution in [0.5, 0.6) is 0 Å². The summed E-state index contributed by atoms with van der Waals surface area (Å²) in [6.45, 7) is 26.9. The van der Waals surface area contributed by atoms with E-state index < -0.39 is 0 Å². The largest absolute Gasteiger partial charge is 0.455 e. The summed E-state index contributed by atoms with van der Waals surface area (Å²) in [7, 11) is 0. The SMILES string of the molecule is CCC1(CC)c2cc(N(c3ccc(C(C)(C)C)cc3)c3ncc(C)cc3-c3ccc(C)cc3)ccc2-c2c1cc(N(c1ccc(C(C)(C)C)cc1)c1ncc(C)cc1-c1ccc(C)cc1)c1c2oc2ccccc21. The summed E-state index contributed by atoms with van der Waals surface area (Å²) in [5, 5.41) is 2.14. The number of aryl methyl sites for hydroxylation is 4. The minimum Gasteiger partial charge on any atom is -0.455 e. The van der Waals surface area contributed by atoms with Crippen molar-refractivity contribution in [2.75, 3.05) is 9.80 Å². The molecule has 74 heavy (non-hydrogen) atoms. The van der Waals surface area contributed by atoms with Crippen molar-refractivity contribution in [1.29, 1.82) is 0 Å². The Morgan fingerprint density at radius 2 is 0.959 bits per heavy atom. The summed E-state index contributed by atoms with van der Waals surface area (Å²) >= 11 is 0. The standard InChI is InChI=1S/C69H68N4O/c1-13-69(14-2)58-39-53(72(51-31-27-49(28-32-51)67(7,8)9)65-56(37-45(5)41-70-65)47-23-19-43(3)20-24-47)35-36-54(58)62-59(69)40-60(63-55-17-15-16-18-61(55)74-64(62)63)73(52-33-29-50(30-34-52)68(10,11)12)66-57(38-46(6)42-71-66)48-25-21-44(4)22-26-48/h15-42H,13-14H2,1-12H3. The number of aromatic nitrogens is 2. The first-order valence-corrected chi connectivity index (χ1v) is 26.5. The molecule has 0 amide bonds. The highest BCUT2D eigenvalue weighted by molar-refractivity contribution is 6.19. The minimum atomic E-state index is -0.368. The third kappa shape index (κ3) is 8.27. The Labute approximate surface area is 438 Å². The lowest BCUT2D eigenvalue weighted by molar-refractivity contribution is 0.490. The Morgan fingerprint density at radius 3 is 1.47 bits per heavy atom. The fourth-order valence-electron chi connectivity index (χ4n) is 11.5. The molecule has 0 saturated carbocycles. The van der Waals surface area contributed by atoms with Crippen LogP contribution in [0.3, 0.4) is 0 Å². The van der Waals surface area contributed by atoms with Crippen LogP contribution in [0, 0.1) is 27.7 Å². The topological polar surface area (TPSA) is 45.4 Å².